The monoisotopic (exact) mass is 264 g/mol. The van der Waals surface area contributed by atoms with E-state index in [2.05, 4.69) is 5.32 Å². The molecule has 5 heteroatoms. The lowest BCUT2D eigenvalue weighted by Crippen LogP contribution is -2.32. The van der Waals surface area contributed by atoms with Crippen LogP contribution in [0.2, 0.25) is 0 Å². The first-order valence-corrected chi connectivity index (χ1v) is 6.57. The highest BCUT2D eigenvalue weighted by Crippen LogP contribution is 2.32. The van der Waals surface area contributed by atoms with Crippen LogP contribution < -0.4 is 5.32 Å². The van der Waals surface area contributed by atoms with E-state index in [0.717, 1.165) is 12.3 Å². The first-order chi connectivity index (χ1) is 8.94. The lowest BCUT2D eigenvalue weighted by atomic mass is 9.92. The molecule has 104 valence electrons. The Hall–Kier alpha value is -1.62. The number of furan rings is 1. The summed E-state index contributed by atoms with van der Waals surface area (Å²) in [5.74, 6) is 1.21. The quantitative estimate of drug-likeness (QED) is 0.822. The van der Waals surface area contributed by atoms with Crippen LogP contribution >= 0.6 is 0 Å². The number of carbonyl (C=O) groups is 2. The molecule has 1 aliphatic heterocycles. The summed E-state index contributed by atoms with van der Waals surface area (Å²) in [6, 6.07) is 3.69. The molecule has 0 spiro atoms. The van der Waals surface area contributed by atoms with Crippen LogP contribution in [0.3, 0.4) is 0 Å². The predicted molar refractivity (Wildman–Crippen MR) is 70.0 cm³/mol. The maximum Gasteiger partial charge on any atom is 0.235 e. The number of nitrogens with zero attached hydrogens (tertiary/aromatic N) is 1. The van der Waals surface area contributed by atoms with Crippen molar-refractivity contribution >= 4 is 11.8 Å². The summed E-state index contributed by atoms with van der Waals surface area (Å²) >= 11 is 0. The third kappa shape index (κ3) is 2.87. The average Bonchev–Trinajstić information content (AvgIpc) is 2.86. The van der Waals surface area contributed by atoms with E-state index < -0.39 is 5.41 Å². The number of likely N-dealkylation sites (tertiary alicyclic amines) is 1. The summed E-state index contributed by atoms with van der Waals surface area (Å²) in [7, 11) is 0. The molecule has 1 aliphatic rings. The molecule has 2 heterocycles. The zero-order valence-electron chi connectivity index (χ0n) is 11.7. The van der Waals surface area contributed by atoms with E-state index in [0.29, 0.717) is 12.3 Å². The number of hydrogen-bond donors (Lipinski definition) is 1. The highest BCUT2D eigenvalue weighted by atomic mass is 16.3. The zero-order chi connectivity index (χ0) is 14.0. The van der Waals surface area contributed by atoms with Crippen LogP contribution in [0, 0.1) is 5.41 Å². The van der Waals surface area contributed by atoms with Crippen molar-refractivity contribution in [2.75, 3.05) is 6.54 Å². The summed E-state index contributed by atoms with van der Waals surface area (Å²) < 4.78 is 5.60. The van der Waals surface area contributed by atoms with Crippen molar-refractivity contribution in [1.29, 1.82) is 0 Å². The van der Waals surface area contributed by atoms with E-state index in [1.54, 1.807) is 13.8 Å². The second-order valence-electron chi connectivity index (χ2n) is 5.49. The highest BCUT2D eigenvalue weighted by molar-refractivity contribution is 6.05. The van der Waals surface area contributed by atoms with Gasteiger partial charge in [-0.05, 0) is 18.7 Å². The topological polar surface area (TPSA) is 62.6 Å². The Kier molecular flexibility index (Phi) is 3.75. The predicted octanol–water partition coefficient (Wildman–Crippen LogP) is 1.67. The third-order valence-corrected chi connectivity index (χ3v) is 3.30. The van der Waals surface area contributed by atoms with Crippen molar-refractivity contribution in [3.8, 4) is 0 Å². The Morgan fingerprint density at radius 2 is 2.00 bits per heavy atom. The summed E-state index contributed by atoms with van der Waals surface area (Å²) in [5.41, 5.74) is -0.587. The largest absolute Gasteiger partial charge is 0.463 e. The number of rotatable bonds is 5. The van der Waals surface area contributed by atoms with E-state index in [1.807, 2.05) is 19.1 Å². The van der Waals surface area contributed by atoms with Crippen LogP contribution in [0.25, 0.3) is 0 Å². The fraction of sp³-hybridized carbons (Fsp3) is 0.571. The van der Waals surface area contributed by atoms with Gasteiger partial charge in [-0.2, -0.15) is 0 Å². The summed E-state index contributed by atoms with van der Waals surface area (Å²) in [5, 5.41) is 3.16. The molecule has 0 aromatic carbocycles. The van der Waals surface area contributed by atoms with Crippen LogP contribution in [0.15, 0.2) is 16.5 Å². The Morgan fingerprint density at radius 3 is 2.58 bits per heavy atom. The number of hydrogen-bond acceptors (Lipinski definition) is 4. The average molecular weight is 264 g/mol. The summed E-state index contributed by atoms with van der Waals surface area (Å²) in [6.45, 7) is 7.37. The van der Waals surface area contributed by atoms with Gasteiger partial charge in [-0.15, -0.1) is 0 Å². The van der Waals surface area contributed by atoms with E-state index in [-0.39, 0.29) is 24.8 Å². The van der Waals surface area contributed by atoms with Gasteiger partial charge >= 0.3 is 0 Å². The van der Waals surface area contributed by atoms with Gasteiger partial charge in [0.1, 0.15) is 11.5 Å². The van der Waals surface area contributed by atoms with Crippen LogP contribution in [0.1, 0.15) is 38.7 Å². The van der Waals surface area contributed by atoms with Gasteiger partial charge in [0.2, 0.25) is 11.8 Å². The normalized spacial score (nSPS) is 18.4. The fourth-order valence-electron chi connectivity index (χ4n) is 2.19. The maximum atomic E-state index is 12.1. The second-order valence-corrected chi connectivity index (χ2v) is 5.49. The minimum atomic E-state index is -0.587. The molecule has 2 amide bonds. The molecule has 19 heavy (non-hydrogen) atoms. The molecule has 0 bridgehead atoms. The number of amides is 2. The van der Waals surface area contributed by atoms with Crippen molar-refractivity contribution in [1.82, 2.24) is 10.2 Å². The Balaban J connectivity index is 2.03. The molecule has 0 aliphatic carbocycles. The van der Waals surface area contributed by atoms with Gasteiger partial charge in [0.25, 0.3) is 0 Å². The molecule has 0 atom stereocenters. The first-order valence-electron chi connectivity index (χ1n) is 6.57. The third-order valence-electron chi connectivity index (χ3n) is 3.30. The lowest BCUT2D eigenvalue weighted by Gasteiger charge is -2.16. The molecule has 2 rings (SSSR count). The number of carbonyl (C=O) groups excluding carboxylic acids is 2. The second kappa shape index (κ2) is 5.17. The Bertz CT molecular complexity index is 491. The molecule has 1 aromatic rings. The molecule has 1 N–H and O–H groups in total. The van der Waals surface area contributed by atoms with Crippen LogP contribution in [-0.2, 0) is 22.7 Å². The van der Waals surface area contributed by atoms with E-state index in [1.165, 1.54) is 4.90 Å². The van der Waals surface area contributed by atoms with Crippen molar-refractivity contribution in [3.05, 3.63) is 23.7 Å². The van der Waals surface area contributed by atoms with E-state index >= 15 is 0 Å². The molecule has 5 nitrogen and oxygen atoms in total. The van der Waals surface area contributed by atoms with E-state index in [4.69, 9.17) is 4.42 Å². The minimum Gasteiger partial charge on any atom is -0.463 e. The Labute approximate surface area is 113 Å². The molecule has 1 aromatic heterocycles. The van der Waals surface area contributed by atoms with Crippen LogP contribution in [0.4, 0.5) is 0 Å². The van der Waals surface area contributed by atoms with Gasteiger partial charge in [0.05, 0.1) is 18.5 Å². The van der Waals surface area contributed by atoms with Gasteiger partial charge in [-0.1, -0.05) is 20.8 Å². The van der Waals surface area contributed by atoms with Crippen molar-refractivity contribution in [2.45, 2.75) is 40.3 Å². The van der Waals surface area contributed by atoms with Gasteiger partial charge in [-0.3, -0.25) is 14.5 Å². The lowest BCUT2D eigenvalue weighted by molar-refractivity contribution is -0.141. The van der Waals surface area contributed by atoms with Gasteiger partial charge < -0.3 is 9.73 Å². The first kappa shape index (κ1) is 13.8. The molecule has 0 unspecified atom stereocenters. The smallest absolute Gasteiger partial charge is 0.235 e. The fourth-order valence-corrected chi connectivity index (χ4v) is 2.19. The van der Waals surface area contributed by atoms with Gasteiger partial charge in [0, 0.05) is 6.42 Å². The Morgan fingerprint density at radius 1 is 1.32 bits per heavy atom. The van der Waals surface area contributed by atoms with Gasteiger partial charge in [0.15, 0.2) is 0 Å². The number of nitrogens with one attached hydrogen (secondary N) is 1. The van der Waals surface area contributed by atoms with Crippen molar-refractivity contribution in [3.63, 3.8) is 0 Å². The molecule has 1 saturated heterocycles. The van der Waals surface area contributed by atoms with E-state index in [9.17, 15) is 9.59 Å². The van der Waals surface area contributed by atoms with Crippen LogP contribution in [-0.4, -0.2) is 23.3 Å². The molecule has 0 saturated carbocycles. The number of imide groups is 1. The summed E-state index contributed by atoms with van der Waals surface area (Å²) in [4.78, 5) is 25.2. The highest BCUT2D eigenvalue weighted by Gasteiger charge is 2.44. The van der Waals surface area contributed by atoms with Crippen molar-refractivity contribution in [2.24, 2.45) is 5.41 Å². The minimum absolute atomic E-state index is 0.123. The molecule has 1 fully saturated rings. The molecule has 0 radical (unpaired) electrons. The summed E-state index contributed by atoms with van der Waals surface area (Å²) in [6.07, 6.45) is 0.275. The SMILES string of the molecule is CCNCc1ccc(CN2C(=O)CC(C)(C)C2=O)o1. The molecular weight excluding hydrogens is 244 g/mol. The standard InChI is InChI=1S/C14H20N2O3/c1-4-15-8-10-5-6-11(19-10)9-16-12(17)7-14(2,3)13(16)18/h5-6,15H,4,7-9H2,1-3H3. The maximum absolute atomic E-state index is 12.1. The van der Waals surface area contributed by atoms with Crippen LogP contribution in [0.5, 0.6) is 0 Å². The van der Waals surface area contributed by atoms with Crippen molar-refractivity contribution < 1.29 is 14.0 Å². The zero-order valence-corrected chi connectivity index (χ0v) is 11.7. The van der Waals surface area contributed by atoms with Gasteiger partial charge in [-0.25, -0.2) is 0 Å². The molecular formula is C14H20N2O3.